The highest BCUT2D eigenvalue weighted by Gasteiger charge is 2.33. The Morgan fingerprint density at radius 3 is 1.89 bits per heavy atom. The van der Waals surface area contributed by atoms with Crippen LogP contribution in [-0.4, -0.2) is 43.8 Å². The number of ether oxygens (including phenoxy) is 1. The third-order valence-electron chi connectivity index (χ3n) is 7.14. The van der Waals surface area contributed by atoms with Crippen molar-refractivity contribution in [2.24, 2.45) is 0 Å². The number of urea groups is 1. The fourth-order valence-corrected chi connectivity index (χ4v) is 4.84. The molecule has 6 heteroatoms. The van der Waals surface area contributed by atoms with Crippen LogP contribution in [0.4, 0.5) is 4.79 Å². The van der Waals surface area contributed by atoms with Crippen LogP contribution in [0.5, 0.6) is 0 Å². The van der Waals surface area contributed by atoms with Gasteiger partial charge in [0.05, 0.1) is 6.54 Å². The Kier molecular flexibility index (Phi) is 9.42. The molecule has 1 saturated heterocycles. The van der Waals surface area contributed by atoms with Gasteiger partial charge in [-0.1, -0.05) is 96.7 Å². The molecule has 3 rings (SSSR count). The van der Waals surface area contributed by atoms with Crippen molar-refractivity contribution in [3.63, 3.8) is 0 Å². The standard InChI is InChI=1S/C32H45N3O3/c1-21(2)29(36)38-18-17-33-30(37)35-26-19-27(34-20-26)28(22-9-13-24(14-10-22)31(3,4)5)23-11-15-25(16-12-23)32(6,7)8/h9-16,26-28,34H,1,17-20H2,2-8H3,(H2,33,35,37)/t26-,27?/m1/s1. The van der Waals surface area contributed by atoms with Crippen molar-refractivity contribution >= 4 is 12.0 Å². The monoisotopic (exact) mass is 519 g/mol. The van der Waals surface area contributed by atoms with Crippen molar-refractivity contribution in [3.05, 3.63) is 82.9 Å². The van der Waals surface area contributed by atoms with E-state index in [-0.39, 0.29) is 48.0 Å². The number of rotatable bonds is 8. The third-order valence-corrected chi connectivity index (χ3v) is 7.14. The maximum Gasteiger partial charge on any atom is 0.333 e. The predicted molar refractivity (Wildman–Crippen MR) is 155 cm³/mol. The molecule has 0 saturated carbocycles. The average molecular weight is 520 g/mol. The molecular formula is C32H45N3O3. The number of amides is 2. The van der Waals surface area contributed by atoms with Gasteiger partial charge in [-0.05, 0) is 46.4 Å². The van der Waals surface area contributed by atoms with E-state index in [0.717, 1.165) is 6.42 Å². The Hall–Kier alpha value is -3.12. The fraction of sp³-hybridized carbons (Fsp3) is 0.500. The van der Waals surface area contributed by atoms with Crippen molar-refractivity contribution in [2.75, 3.05) is 19.7 Å². The van der Waals surface area contributed by atoms with E-state index in [1.54, 1.807) is 6.92 Å². The minimum atomic E-state index is -0.452. The Bertz CT molecular complexity index is 1050. The Morgan fingerprint density at radius 2 is 1.45 bits per heavy atom. The van der Waals surface area contributed by atoms with E-state index in [1.165, 1.54) is 22.3 Å². The van der Waals surface area contributed by atoms with E-state index in [0.29, 0.717) is 12.1 Å². The lowest BCUT2D eigenvalue weighted by Crippen LogP contribution is -2.44. The highest BCUT2D eigenvalue weighted by Crippen LogP contribution is 2.35. The van der Waals surface area contributed by atoms with Crippen molar-refractivity contribution in [1.29, 1.82) is 0 Å². The molecular weight excluding hydrogens is 474 g/mol. The first-order chi connectivity index (χ1) is 17.8. The molecule has 0 radical (unpaired) electrons. The number of esters is 1. The quantitative estimate of drug-likeness (QED) is 0.242. The van der Waals surface area contributed by atoms with Gasteiger partial charge >= 0.3 is 12.0 Å². The second-order valence-corrected chi connectivity index (χ2v) is 12.5. The van der Waals surface area contributed by atoms with Gasteiger partial charge in [0.25, 0.3) is 0 Å². The molecule has 38 heavy (non-hydrogen) atoms. The van der Waals surface area contributed by atoms with Crippen LogP contribution >= 0.6 is 0 Å². The van der Waals surface area contributed by atoms with Gasteiger partial charge in [0.15, 0.2) is 0 Å². The van der Waals surface area contributed by atoms with Gasteiger partial charge in [-0.25, -0.2) is 9.59 Å². The van der Waals surface area contributed by atoms with E-state index < -0.39 is 5.97 Å². The number of nitrogens with one attached hydrogen (secondary N) is 3. The summed E-state index contributed by atoms with van der Waals surface area (Å²) in [6, 6.07) is 17.9. The van der Waals surface area contributed by atoms with Gasteiger partial charge in [-0.2, -0.15) is 0 Å². The second kappa shape index (κ2) is 12.2. The second-order valence-electron chi connectivity index (χ2n) is 12.5. The van der Waals surface area contributed by atoms with Crippen LogP contribution in [0.15, 0.2) is 60.7 Å². The summed E-state index contributed by atoms with van der Waals surface area (Å²) in [4.78, 5) is 23.9. The Morgan fingerprint density at radius 1 is 0.947 bits per heavy atom. The van der Waals surface area contributed by atoms with Crippen molar-refractivity contribution in [1.82, 2.24) is 16.0 Å². The van der Waals surface area contributed by atoms with E-state index in [1.807, 2.05) is 0 Å². The van der Waals surface area contributed by atoms with Gasteiger partial charge < -0.3 is 20.7 Å². The number of carbonyl (C=O) groups excluding carboxylic acids is 2. The van der Waals surface area contributed by atoms with Gasteiger partial charge in [0, 0.05) is 30.1 Å². The number of benzene rings is 2. The lowest BCUT2D eigenvalue weighted by molar-refractivity contribution is -0.138. The molecule has 0 aromatic heterocycles. The summed E-state index contributed by atoms with van der Waals surface area (Å²) in [7, 11) is 0. The summed E-state index contributed by atoms with van der Waals surface area (Å²) >= 11 is 0. The average Bonchev–Trinajstić information content (AvgIpc) is 3.29. The zero-order chi connectivity index (χ0) is 28.1. The first-order valence-electron chi connectivity index (χ1n) is 13.6. The highest BCUT2D eigenvalue weighted by atomic mass is 16.5. The van der Waals surface area contributed by atoms with E-state index in [9.17, 15) is 9.59 Å². The van der Waals surface area contributed by atoms with Crippen LogP contribution in [-0.2, 0) is 20.4 Å². The first kappa shape index (κ1) is 29.4. The van der Waals surface area contributed by atoms with Crippen LogP contribution < -0.4 is 16.0 Å². The van der Waals surface area contributed by atoms with Crippen LogP contribution in [0.3, 0.4) is 0 Å². The van der Waals surface area contributed by atoms with Gasteiger partial charge in [-0.3, -0.25) is 0 Å². The fourth-order valence-electron chi connectivity index (χ4n) is 4.84. The molecule has 0 bridgehead atoms. The van der Waals surface area contributed by atoms with E-state index in [4.69, 9.17) is 4.74 Å². The SMILES string of the molecule is C=C(C)C(=O)OCCNC(=O)N[C@H]1CNC(C(c2ccc(C(C)(C)C)cc2)c2ccc(C(C)(C)C)cc2)C1. The van der Waals surface area contributed by atoms with Crippen molar-refractivity contribution < 1.29 is 14.3 Å². The molecule has 1 aliphatic rings. The summed E-state index contributed by atoms with van der Waals surface area (Å²) in [6.45, 7) is 19.6. The van der Waals surface area contributed by atoms with Gasteiger partial charge in [0.2, 0.25) is 0 Å². The lowest BCUT2D eigenvalue weighted by atomic mass is 9.80. The summed E-state index contributed by atoms with van der Waals surface area (Å²) in [5.41, 5.74) is 5.69. The van der Waals surface area contributed by atoms with Gasteiger partial charge in [0.1, 0.15) is 6.61 Å². The number of carbonyl (C=O) groups is 2. The number of hydrogen-bond donors (Lipinski definition) is 3. The highest BCUT2D eigenvalue weighted by molar-refractivity contribution is 5.86. The van der Waals surface area contributed by atoms with E-state index in [2.05, 4.69) is 113 Å². The zero-order valence-electron chi connectivity index (χ0n) is 24.1. The van der Waals surface area contributed by atoms with Crippen molar-refractivity contribution in [3.8, 4) is 0 Å². The summed E-state index contributed by atoms with van der Waals surface area (Å²) in [6.07, 6.45) is 0.810. The van der Waals surface area contributed by atoms with Crippen molar-refractivity contribution in [2.45, 2.75) is 83.7 Å². The number of hydrogen-bond acceptors (Lipinski definition) is 4. The van der Waals surface area contributed by atoms with Crippen LogP contribution in [0.2, 0.25) is 0 Å². The maximum atomic E-state index is 12.4. The van der Waals surface area contributed by atoms with Crippen LogP contribution in [0.25, 0.3) is 0 Å². The first-order valence-corrected chi connectivity index (χ1v) is 13.6. The lowest BCUT2D eigenvalue weighted by Gasteiger charge is -2.27. The molecule has 0 aliphatic carbocycles. The molecule has 2 amide bonds. The van der Waals surface area contributed by atoms with Crippen LogP contribution in [0.1, 0.15) is 83.1 Å². The minimum absolute atomic E-state index is 0.00293. The maximum absolute atomic E-state index is 12.4. The van der Waals surface area contributed by atoms with E-state index >= 15 is 0 Å². The molecule has 2 atom stereocenters. The topological polar surface area (TPSA) is 79.5 Å². The molecule has 3 N–H and O–H groups in total. The molecule has 0 spiro atoms. The summed E-state index contributed by atoms with van der Waals surface area (Å²) in [5, 5.41) is 9.50. The normalized spacial score (nSPS) is 17.8. The largest absolute Gasteiger partial charge is 0.460 e. The molecule has 1 heterocycles. The Labute approximate surface area is 228 Å². The molecule has 2 aromatic carbocycles. The predicted octanol–water partition coefficient (Wildman–Crippen LogP) is 5.56. The molecule has 1 unspecified atom stereocenters. The summed E-state index contributed by atoms with van der Waals surface area (Å²) < 4.78 is 5.04. The van der Waals surface area contributed by atoms with Crippen LogP contribution in [0, 0.1) is 0 Å². The van der Waals surface area contributed by atoms with Gasteiger partial charge in [-0.15, -0.1) is 0 Å². The minimum Gasteiger partial charge on any atom is -0.460 e. The third kappa shape index (κ3) is 7.94. The summed E-state index contributed by atoms with van der Waals surface area (Å²) in [5.74, 6) is -0.290. The smallest absolute Gasteiger partial charge is 0.333 e. The molecule has 1 aliphatic heterocycles. The molecule has 1 fully saturated rings. The molecule has 6 nitrogen and oxygen atoms in total. The molecule has 2 aromatic rings. The Balaban J connectivity index is 1.71. The molecule has 206 valence electrons. The zero-order valence-corrected chi connectivity index (χ0v) is 24.1.